The second-order valence-corrected chi connectivity index (χ2v) is 6.71. The normalized spacial score (nSPS) is 14.0. The summed E-state index contributed by atoms with van der Waals surface area (Å²) >= 11 is 1.44. The second kappa shape index (κ2) is 11.2. The van der Waals surface area contributed by atoms with Crippen LogP contribution in [0, 0.1) is 0 Å². The molecule has 0 aliphatic heterocycles. The number of carboxylic acids is 2. The summed E-state index contributed by atoms with van der Waals surface area (Å²) in [5, 5.41) is 22.7. The Morgan fingerprint density at radius 3 is 2.41 bits per heavy atom. The number of H-pyrrole nitrogens is 1. The Morgan fingerprint density at radius 2 is 1.89 bits per heavy atom. The van der Waals surface area contributed by atoms with Crippen LogP contribution in [0.15, 0.2) is 12.5 Å². The molecule has 12 heteroatoms. The Kier molecular flexibility index (Phi) is 9.30. The van der Waals surface area contributed by atoms with Crippen LogP contribution >= 0.6 is 11.8 Å². The minimum absolute atomic E-state index is 0.00618. The topological polar surface area (TPSA) is 187 Å². The lowest BCUT2D eigenvalue weighted by atomic mass is 10.1. The average Bonchev–Trinajstić information content (AvgIpc) is 3.09. The Morgan fingerprint density at radius 1 is 1.22 bits per heavy atom. The van der Waals surface area contributed by atoms with Crippen LogP contribution in [0.1, 0.15) is 18.5 Å². The molecule has 2 amide bonds. The van der Waals surface area contributed by atoms with E-state index in [1.807, 2.05) is 6.26 Å². The van der Waals surface area contributed by atoms with Crippen molar-refractivity contribution in [3.05, 3.63) is 18.2 Å². The van der Waals surface area contributed by atoms with Crippen LogP contribution in [-0.2, 0) is 25.6 Å². The first-order valence-corrected chi connectivity index (χ1v) is 9.41. The van der Waals surface area contributed by atoms with Gasteiger partial charge in [0.05, 0.1) is 18.8 Å². The number of carbonyl (C=O) groups is 4. The molecule has 0 aliphatic rings. The van der Waals surface area contributed by atoms with Crippen LogP contribution in [-0.4, -0.2) is 74.1 Å². The molecular formula is C15H23N5O6S. The maximum atomic E-state index is 12.5. The number of nitrogens with one attached hydrogen (secondary N) is 3. The third kappa shape index (κ3) is 8.09. The number of imidazole rings is 1. The van der Waals surface area contributed by atoms with Crippen molar-refractivity contribution in [1.82, 2.24) is 20.6 Å². The molecule has 150 valence electrons. The number of nitrogens with two attached hydrogens (primary N) is 1. The molecule has 7 N–H and O–H groups in total. The first kappa shape index (κ1) is 22.4. The number of carboxylic acid groups (broad SMARTS) is 2. The average molecular weight is 401 g/mol. The van der Waals surface area contributed by atoms with Crippen molar-refractivity contribution in [3.8, 4) is 0 Å². The van der Waals surface area contributed by atoms with Crippen molar-refractivity contribution in [2.45, 2.75) is 37.4 Å². The molecule has 1 aromatic rings. The highest BCUT2D eigenvalue weighted by molar-refractivity contribution is 7.98. The fraction of sp³-hybridized carbons (Fsp3) is 0.533. The van der Waals surface area contributed by atoms with Gasteiger partial charge in [0.2, 0.25) is 11.8 Å². The van der Waals surface area contributed by atoms with Gasteiger partial charge in [-0.3, -0.25) is 14.4 Å². The number of hydrogen-bond acceptors (Lipinski definition) is 7. The van der Waals surface area contributed by atoms with E-state index in [0.717, 1.165) is 0 Å². The van der Waals surface area contributed by atoms with E-state index in [1.165, 1.54) is 24.3 Å². The third-order valence-corrected chi connectivity index (χ3v) is 4.21. The van der Waals surface area contributed by atoms with Crippen molar-refractivity contribution < 1.29 is 29.4 Å². The molecule has 1 aromatic heterocycles. The summed E-state index contributed by atoms with van der Waals surface area (Å²) in [6.45, 7) is 0. The number of amides is 2. The van der Waals surface area contributed by atoms with Crippen molar-refractivity contribution in [2.24, 2.45) is 5.73 Å². The lowest BCUT2D eigenvalue weighted by Gasteiger charge is -2.22. The summed E-state index contributed by atoms with van der Waals surface area (Å²) in [7, 11) is 0. The summed E-state index contributed by atoms with van der Waals surface area (Å²) in [5.74, 6) is -3.46. The fourth-order valence-electron chi connectivity index (χ4n) is 2.15. The Hall–Kier alpha value is -2.60. The summed E-state index contributed by atoms with van der Waals surface area (Å²) in [4.78, 5) is 53.2. The summed E-state index contributed by atoms with van der Waals surface area (Å²) < 4.78 is 0. The maximum absolute atomic E-state index is 12.5. The molecule has 0 saturated heterocycles. The highest BCUT2D eigenvalue weighted by Gasteiger charge is 2.28. The van der Waals surface area contributed by atoms with Gasteiger partial charge in [0.1, 0.15) is 12.1 Å². The van der Waals surface area contributed by atoms with Gasteiger partial charge < -0.3 is 31.6 Å². The van der Waals surface area contributed by atoms with E-state index in [9.17, 15) is 24.3 Å². The number of nitrogens with zero attached hydrogens (tertiary/aromatic N) is 1. The zero-order valence-electron chi connectivity index (χ0n) is 14.7. The number of carbonyl (C=O) groups excluding carboxylic acids is 2. The molecule has 0 radical (unpaired) electrons. The van der Waals surface area contributed by atoms with E-state index < -0.39 is 48.3 Å². The predicted molar refractivity (Wildman–Crippen MR) is 97.0 cm³/mol. The van der Waals surface area contributed by atoms with Gasteiger partial charge in [-0.05, 0) is 18.4 Å². The van der Waals surface area contributed by atoms with Gasteiger partial charge in [-0.25, -0.2) is 9.78 Å². The quantitative estimate of drug-likeness (QED) is 0.244. The van der Waals surface area contributed by atoms with Gasteiger partial charge in [0.15, 0.2) is 0 Å². The smallest absolute Gasteiger partial charge is 0.326 e. The molecule has 0 bridgehead atoms. The molecule has 0 saturated carbocycles. The van der Waals surface area contributed by atoms with Crippen LogP contribution in [0.5, 0.6) is 0 Å². The third-order valence-electron chi connectivity index (χ3n) is 3.57. The minimum atomic E-state index is -1.34. The summed E-state index contributed by atoms with van der Waals surface area (Å²) in [6, 6.07) is -3.60. The zero-order valence-corrected chi connectivity index (χ0v) is 15.5. The summed E-state index contributed by atoms with van der Waals surface area (Å²) in [6.07, 6.45) is 4.27. The first-order chi connectivity index (χ1) is 12.7. The highest BCUT2D eigenvalue weighted by atomic mass is 32.2. The molecule has 1 heterocycles. The number of hydrogen-bond donors (Lipinski definition) is 6. The van der Waals surface area contributed by atoms with Gasteiger partial charge in [-0.15, -0.1) is 0 Å². The number of aliphatic carboxylic acids is 2. The van der Waals surface area contributed by atoms with Gasteiger partial charge in [-0.1, -0.05) is 0 Å². The molecule has 0 aliphatic carbocycles. The largest absolute Gasteiger partial charge is 0.481 e. The van der Waals surface area contributed by atoms with Crippen LogP contribution in [0.4, 0.5) is 0 Å². The first-order valence-electron chi connectivity index (χ1n) is 8.01. The molecule has 0 spiro atoms. The number of thioether (sulfide) groups is 1. The molecular weight excluding hydrogens is 378 g/mol. The van der Waals surface area contributed by atoms with Gasteiger partial charge in [0, 0.05) is 18.3 Å². The van der Waals surface area contributed by atoms with Crippen molar-refractivity contribution >= 4 is 35.5 Å². The summed E-state index contributed by atoms with van der Waals surface area (Å²) in [5.41, 5.74) is 6.04. The predicted octanol–water partition coefficient (Wildman–Crippen LogP) is -1.44. The SMILES string of the molecule is CSCC[C@H](NC(=O)[C@H](Cc1cnc[nH]1)NC(=O)[C@@H](N)CC(=O)O)C(=O)O. The zero-order chi connectivity index (χ0) is 20.4. The van der Waals surface area contributed by atoms with Gasteiger partial charge >= 0.3 is 11.9 Å². The molecule has 3 atom stereocenters. The molecule has 0 unspecified atom stereocenters. The highest BCUT2D eigenvalue weighted by Crippen LogP contribution is 2.04. The standard InChI is InChI=1S/C15H23N5O6S/c1-27-3-2-10(15(25)26)19-14(24)11(4-8-6-17-7-18-8)20-13(23)9(16)5-12(21)22/h6-7,9-11H,2-5,16H2,1H3,(H,17,18)(H,19,24)(H,20,23)(H,21,22)(H,25,26)/t9-,10-,11-/m0/s1. The van der Waals surface area contributed by atoms with E-state index in [2.05, 4.69) is 20.6 Å². The molecule has 11 nitrogen and oxygen atoms in total. The fourth-order valence-corrected chi connectivity index (χ4v) is 2.62. The number of rotatable bonds is 12. The molecule has 1 rings (SSSR count). The van der Waals surface area contributed by atoms with Crippen LogP contribution < -0.4 is 16.4 Å². The Balaban J connectivity index is 2.85. The molecule has 0 aromatic carbocycles. The van der Waals surface area contributed by atoms with Crippen LogP contribution in [0.2, 0.25) is 0 Å². The van der Waals surface area contributed by atoms with E-state index in [4.69, 9.17) is 10.8 Å². The van der Waals surface area contributed by atoms with Crippen molar-refractivity contribution in [3.63, 3.8) is 0 Å². The van der Waals surface area contributed by atoms with Crippen LogP contribution in [0.3, 0.4) is 0 Å². The minimum Gasteiger partial charge on any atom is -0.481 e. The van der Waals surface area contributed by atoms with Gasteiger partial charge in [-0.2, -0.15) is 11.8 Å². The van der Waals surface area contributed by atoms with E-state index in [1.54, 1.807) is 0 Å². The maximum Gasteiger partial charge on any atom is 0.326 e. The van der Waals surface area contributed by atoms with E-state index in [0.29, 0.717) is 11.4 Å². The lowest BCUT2D eigenvalue weighted by Crippen LogP contribution is -2.55. The second-order valence-electron chi connectivity index (χ2n) is 5.73. The van der Waals surface area contributed by atoms with E-state index >= 15 is 0 Å². The van der Waals surface area contributed by atoms with Crippen molar-refractivity contribution in [1.29, 1.82) is 0 Å². The monoisotopic (exact) mass is 401 g/mol. The molecule has 0 fully saturated rings. The van der Waals surface area contributed by atoms with Crippen LogP contribution in [0.25, 0.3) is 0 Å². The Bertz CT molecular complexity index is 653. The lowest BCUT2D eigenvalue weighted by molar-refractivity contribution is -0.142. The Labute approximate surface area is 159 Å². The van der Waals surface area contributed by atoms with Gasteiger partial charge in [0.25, 0.3) is 0 Å². The number of aromatic amines is 1. The molecule has 27 heavy (non-hydrogen) atoms. The number of aromatic nitrogens is 2. The van der Waals surface area contributed by atoms with Crippen molar-refractivity contribution in [2.75, 3.05) is 12.0 Å². The van der Waals surface area contributed by atoms with E-state index in [-0.39, 0.29) is 12.8 Å².